The van der Waals surface area contributed by atoms with Crippen molar-refractivity contribution in [3.05, 3.63) is 57.3 Å². The minimum absolute atomic E-state index is 0.0316. The Hall–Kier alpha value is -3.21. The highest BCUT2D eigenvalue weighted by molar-refractivity contribution is 7.11. The molecule has 0 atom stereocenters. The summed E-state index contributed by atoms with van der Waals surface area (Å²) in [4.78, 5) is 34.6. The summed E-state index contributed by atoms with van der Waals surface area (Å²) in [7, 11) is 0. The van der Waals surface area contributed by atoms with E-state index < -0.39 is 5.97 Å². The van der Waals surface area contributed by atoms with Crippen LogP contribution in [0.3, 0.4) is 0 Å². The lowest BCUT2D eigenvalue weighted by Gasteiger charge is -2.40. The second-order valence-electron chi connectivity index (χ2n) is 9.75. The average Bonchev–Trinajstić information content (AvgIpc) is 3.35. The number of nitrogens with zero attached hydrogens (tertiary/aromatic N) is 2. The molecule has 0 spiro atoms. The van der Waals surface area contributed by atoms with Crippen LogP contribution >= 0.6 is 11.3 Å². The number of ether oxygens (including phenoxy) is 1. The first-order chi connectivity index (χ1) is 19.0. The Morgan fingerprint density at radius 2 is 1.72 bits per heavy atom. The summed E-state index contributed by atoms with van der Waals surface area (Å²) in [6.45, 7) is 6.11. The minimum Gasteiger partial charge on any atom is -0.488 e. The molecule has 4 heterocycles. The summed E-state index contributed by atoms with van der Waals surface area (Å²) in [5.41, 5.74) is 4.25. The number of hydrogen-bond acceptors (Lipinski definition) is 7. The number of hydrogen-bond donors (Lipinski definition) is 3. The van der Waals surface area contributed by atoms with Gasteiger partial charge in [-0.25, -0.2) is 0 Å². The highest BCUT2D eigenvalue weighted by atomic mass is 32.1. The summed E-state index contributed by atoms with van der Waals surface area (Å²) in [6.07, 6.45) is 10.1. The maximum atomic E-state index is 11.3. The fourth-order valence-corrected chi connectivity index (χ4v) is 6.51. The molecular weight excluding hydrogens is 520 g/mol. The Morgan fingerprint density at radius 1 is 1.03 bits per heavy atom. The quantitative estimate of drug-likeness (QED) is 0.441. The van der Waals surface area contributed by atoms with Crippen LogP contribution in [0.4, 0.5) is 0 Å². The van der Waals surface area contributed by atoms with Gasteiger partial charge in [0, 0.05) is 28.6 Å². The molecule has 0 bridgehead atoms. The second-order valence-corrected chi connectivity index (χ2v) is 10.7. The van der Waals surface area contributed by atoms with Gasteiger partial charge in [0.2, 0.25) is 0 Å². The van der Waals surface area contributed by atoms with Crippen molar-refractivity contribution in [3.63, 3.8) is 0 Å². The van der Waals surface area contributed by atoms with E-state index in [0.29, 0.717) is 6.61 Å². The zero-order valence-corrected chi connectivity index (χ0v) is 23.0. The third-order valence-electron chi connectivity index (χ3n) is 7.32. The van der Waals surface area contributed by atoms with E-state index in [-0.39, 0.29) is 19.4 Å². The average molecular weight is 559 g/mol. The van der Waals surface area contributed by atoms with E-state index in [1.165, 1.54) is 74.3 Å². The molecule has 0 saturated carbocycles. The van der Waals surface area contributed by atoms with Crippen LogP contribution in [-0.2, 0) is 27.4 Å². The lowest BCUT2D eigenvalue weighted by Crippen LogP contribution is -2.46. The third kappa shape index (κ3) is 8.91. The van der Waals surface area contributed by atoms with E-state index in [1.807, 2.05) is 18.2 Å². The van der Waals surface area contributed by atoms with Gasteiger partial charge in [-0.1, -0.05) is 18.6 Å². The minimum atomic E-state index is -0.806. The second kappa shape index (κ2) is 16.0. The number of fused-ring (bicyclic) bond motifs is 2. The first kappa shape index (κ1) is 30.3. The molecular formula is C29H38N2O7S. The Morgan fingerprint density at radius 3 is 2.38 bits per heavy atom. The standard InChI is InChI=1S/C27H34N2O3S.2CH2O2/c30-26(31)18-20-6-7-25-24(17-20)23(27-21(19-32-25)10-16-33-27)5-4-11-28-14-8-22(9-15-28)29-12-2-1-3-13-29;2*2-1-3/h5-7,10,16-17,22H,1-4,8-9,11-15,18-19H2,(H,30,31);2*1H,(H,2,3)/b23-5+;;. The fraction of sp³-hybridized carbons (Fsp3) is 0.483. The Bertz CT molecular complexity index is 1100. The molecule has 2 aromatic rings. The molecule has 2 saturated heterocycles. The number of carboxylic acid groups (broad SMARTS) is 3. The normalized spacial score (nSPS) is 18.6. The number of aliphatic carboxylic acids is 1. The SMILES string of the molecule is O=C(O)Cc1ccc2c(c1)/C(=C\CCN1CCC(N3CCCCC3)CC1)c1sccc1CO2.O=CO.O=CO. The monoisotopic (exact) mass is 558 g/mol. The highest BCUT2D eigenvalue weighted by Gasteiger charge is 2.25. The van der Waals surface area contributed by atoms with E-state index in [9.17, 15) is 9.90 Å². The van der Waals surface area contributed by atoms with Gasteiger partial charge in [0.25, 0.3) is 12.9 Å². The molecule has 3 aliphatic heterocycles. The van der Waals surface area contributed by atoms with Crippen molar-refractivity contribution in [1.82, 2.24) is 9.80 Å². The zero-order chi connectivity index (χ0) is 28.0. The van der Waals surface area contributed by atoms with Crippen LogP contribution in [0, 0.1) is 0 Å². The summed E-state index contributed by atoms with van der Waals surface area (Å²) >= 11 is 1.75. The smallest absolute Gasteiger partial charge is 0.307 e. The summed E-state index contributed by atoms with van der Waals surface area (Å²) in [6, 6.07) is 8.74. The van der Waals surface area contributed by atoms with E-state index in [2.05, 4.69) is 27.3 Å². The zero-order valence-electron chi connectivity index (χ0n) is 22.2. The number of carboxylic acids is 1. The molecule has 0 aliphatic carbocycles. The van der Waals surface area contributed by atoms with Gasteiger partial charge >= 0.3 is 5.97 Å². The molecule has 0 amide bonds. The van der Waals surface area contributed by atoms with Crippen molar-refractivity contribution in [2.24, 2.45) is 0 Å². The van der Waals surface area contributed by atoms with Crippen molar-refractivity contribution in [1.29, 1.82) is 0 Å². The Labute approximate surface area is 233 Å². The van der Waals surface area contributed by atoms with E-state index >= 15 is 0 Å². The van der Waals surface area contributed by atoms with Crippen LogP contribution in [0.5, 0.6) is 5.75 Å². The number of benzene rings is 1. The molecule has 2 fully saturated rings. The first-order valence-corrected chi connectivity index (χ1v) is 14.3. The van der Waals surface area contributed by atoms with Gasteiger partial charge in [0.1, 0.15) is 12.4 Å². The van der Waals surface area contributed by atoms with E-state index in [4.69, 9.17) is 24.5 Å². The largest absolute Gasteiger partial charge is 0.488 e. The number of piperidine rings is 2. The number of likely N-dealkylation sites (tertiary alicyclic amines) is 2. The van der Waals surface area contributed by atoms with E-state index in [1.54, 1.807) is 11.3 Å². The Kier molecular flexibility index (Phi) is 12.5. The van der Waals surface area contributed by atoms with Crippen molar-refractivity contribution in [2.45, 2.75) is 57.6 Å². The molecule has 0 radical (unpaired) electrons. The predicted molar refractivity (Wildman–Crippen MR) is 150 cm³/mol. The molecule has 0 unspecified atom stereocenters. The molecule has 9 nitrogen and oxygen atoms in total. The van der Waals surface area contributed by atoms with Crippen molar-refractivity contribution >= 4 is 35.8 Å². The van der Waals surface area contributed by atoms with Gasteiger partial charge in [-0.15, -0.1) is 11.3 Å². The van der Waals surface area contributed by atoms with Crippen molar-refractivity contribution in [2.75, 3.05) is 32.7 Å². The topological polar surface area (TPSA) is 128 Å². The first-order valence-electron chi connectivity index (χ1n) is 13.4. The lowest BCUT2D eigenvalue weighted by molar-refractivity contribution is -0.136. The molecule has 1 aromatic carbocycles. The summed E-state index contributed by atoms with van der Waals surface area (Å²) in [5.74, 6) is 0.0425. The van der Waals surface area contributed by atoms with Crippen LogP contribution in [-0.4, -0.2) is 82.8 Å². The van der Waals surface area contributed by atoms with Gasteiger partial charge in [-0.3, -0.25) is 14.4 Å². The van der Waals surface area contributed by atoms with Crippen LogP contribution < -0.4 is 4.74 Å². The van der Waals surface area contributed by atoms with Gasteiger partial charge in [0.15, 0.2) is 0 Å². The summed E-state index contributed by atoms with van der Waals surface area (Å²) < 4.78 is 6.09. The van der Waals surface area contributed by atoms with Gasteiger partial charge in [-0.2, -0.15) is 0 Å². The van der Waals surface area contributed by atoms with Gasteiger partial charge < -0.3 is 29.9 Å². The van der Waals surface area contributed by atoms with Crippen molar-refractivity contribution < 1.29 is 34.4 Å². The van der Waals surface area contributed by atoms with Gasteiger partial charge in [-0.05, 0) is 93.0 Å². The predicted octanol–water partition coefficient (Wildman–Crippen LogP) is 4.44. The molecule has 3 N–H and O–H groups in total. The maximum Gasteiger partial charge on any atom is 0.307 e. The number of carbonyl (C=O) groups is 3. The fourth-order valence-electron chi connectivity index (χ4n) is 5.55. The van der Waals surface area contributed by atoms with Crippen LogP contribution in [0.1, 0.15) is 60.1 Å². The van der Waals surface area contributed by atoms with E-state index in [0.717, 1.165) is 35.9 Å². The molecule has 5 rings (SSSR count). The lowest BCUT2D eigenvalue weighted by atomic mass is 9.97. The molecule has 1 aromatic heterocycles. The molecule has 10 heteroatoms. The third-order valence-corrected chi connectivity index (χ3v) is 8.31. The van der Waals surface area contributed by atoms with Crippen LogP contribution in [0.25, 0.3) is 5.57 Å². The van der Waals surface area contributed by atoms with Gasteiger partial charge in [0.05, 0.1) is 6.42 Å². The van der Waals surface area contributed by atoms with Crippen molar-refractivity contribution in [3.8, 4) is 5.75 Å². The highest BCUT2D eigenvalue weighted by Crippen LogP contribution is 2.40. The molecule has 212 valence electrons. The molecule has 39 heavy (non-hydrogen) atoms. The Balaban J connectivity index is 0.000000643. The molecule has 3 aliphatic rings. The summed E-state index contributed by atoms with van der Waals surface area (Å²) in [5, 5.41) is 25.2. The number of rotatable bonds is 6. The van der Waals surface area contributed by atoms with Crippen LogP contribution in [0.2, 0.25) is 0 Å². The van der Waals surface area contributed by atoms with Crippen LogP contribution in [0.15, 0.2) is 35.7 Å². The maximum absolute atomic E-state index is 11.3. The number of thiophene rings is 1.